The fourth-order valence-corrected chi connectivity index (χ4v) is 6.07. The lowest BCUT2D eigenvalue weighted by molar-refractivity contribution is 0.331. The van der Waals surface area contributed by atoms with Crippen LogP contribution in [-0.4, -0.2) is 20.0 Å². The summed E-state index contributed by atoms with van der Waals surface area (Å²) in [4.78, 5) is 4.53. The number of nitrogen functional groups attached to an aromatic ring is 1. The molecule has 192 valence electrons. The van der Waals surface area contributed by atoms with E-state index in [1.165, 1.54) is 23.0 Å². The van der Waals surface area contributed by atoms with Gasteiger partial charge in [-0.2, -0.15) is 0 Å². The van der Waals surface area contributed by atoms with Gasteiger partial charge in [-0.15, -0.1) is 10.2 Å². The fraction of sp³-hybridized carbons (Fsp3) is 0.192. The van der Waals surface area contributed by atoms with Crippen LogP contribution in [0.3, 0.4) is 0 Å². The number of nitrogens with one attached hydrogen (secondary N) is 1. The number of sulfonamides is 1. The summed E-state index contributed by atoms with van der Waals surface area (Å²) in [6.45, 7) is 8.30. The molecule has 0 aliphatic heterocycles. The number of benzene rings is 3. The second-order valence-electron chi connectivity index (χ2n) is 8.33. The van der Waals surface area contributed by atoms with Crippen molar-refractivity contribution in [3.05, 3.63) is 75.8 Å². The van der Waals surface area contributed by atoms with E-state index in [-0.39, 0.29) is 10.6 Å². The SMILES string of the molecule is CCOc1ccc(Br)cc1S(=O)(=O)Nc1ccc(N=Nc2sc(N)nc2-c2cc(C)c(C)cc2C)cc1. The Labute approximate surface area is 228 Å². The summed E-state index contributed by atoms with van der Waals surface area (Å²) in [5.74, 6) is 0.280. The Kier molecular flexibility index (Phi) is 7.96. The van der Waals surface area contributed by atoms with Crippen molar-refractivity contribution in [1.29, 1.82) is 0 Å². The van der Waals surface area contributed by atoms with Crippen LogP contribution < -0.4 is 15.2 Å². The van der Waals surface area contributed by atoms with Gasteiger partial charge in [-0.1, -0.05) is 33.3 Å². The first-order chi connectivity index (χ1) is 17.6. The van der Waals surface area contributed by atoms with E-state index in [1.54, 1.807) is 43.3 Å². The molecule has 0 bridgehead atoms. The van der Waals surface area contributed by atoms with Gasteiger partial charge in [-0.3, -0.25) is 4.72 Å². The van der Waals surface area contributed by atoms with Crippen LogP contribution in [-0.2, 0) is 10.0 Å². The zero-order valence-corrected chi connectivity index (χ0v) is 24.0. The lowest BCUT2D eigenvalue weighted by atomic mass is 9.99. The van der Waals surface area contributed by atoms with Gasteiger partial charge in [-0.05, 0) is 92.9 Å². The number of aromatic nitrogens is 1. The molecule has 0 unspecified atom stereocenters. The maximum absolute atomic E-state index is 13.0. The van der Waals surface area contributed by atoms with E-state index in [0.29, 0.717) is 38.3 Å². The quantitative estimate of drug-likeness (QED) is 0.201. The van der Waals surface area contributed by atoms with E-state index in [2.05, 4.69) is 61.8 Å². The summed E-state index contributed by atoms with van der Waals surface area (Å²) >= 11 is 4.58. The number of hydrogen-bond acceptors (Lipinski definition) is 8. The zero-order chi connectivity index (χ0) is 26.7. The van der Waals surface area contributed by atoms with Crippen molar-refractivity contribution in [2.75, 3.05) is 17.1 Å². The molecule has 1 heterocycles. The first kappa shape index (κ1) is 26.8. The normalized spacial score (nSPS) is 11.7. The van der Waals surface area contributed by atoms with E-state index in [0.717, 1.165) is 16.7 Å². The minimum absolute atomic E-state index is 0.0458. The number of anilines is 2. The highest BCUT2D eigenvalue weighted by molar-refractivity contribution is 9.10. The maximum atomic E-state index is 13.0. The van der Waals surface area contributed by atoms with Crippen LogP contribution in [0.25, 0.3) is 11.3 Å². The molecule has 0 fully saturated rings. The molecule has 0 saturated heterocycles. The van der Waals surface area contributed by atoms with Gasteiger partial charge in [0, 0.05) is 15.7 Å². The molecule has 1 aromatic heterocycles. The molecule has 0 atom stereocenters. The van der Waals surface area contributed by atoms with E-state index in [1.807, 2.05) is 6.92 Å². The van der Waals surface area contributed by atoms with Crippen molar-refractivity contribution in [3.63, 3.8) is 0 Å². The zero-order valence-electron chi connectivity index (χ0n) is 20.7. The molecule has 11 heteroatoms. The molecule has 37 heavy (non-hydrogen) atoms. The fourth-order valence-electron chi connectivity index (χ4n) is 3.66. The summed E-state index contributed by atoms with van der Waals surface area (Å²) in [7, 11) is -3.88. The van der Waals surface area contributed by atoms with Crippen molar-refractivity contribution < 1.29 is 13.2 Å². The smallest absolute Gasteiger partial charge is 0.265 e. The van der Waals surface area contributed by atoms with Gasteiger partial charge < -0.3 is 10.5 Å². The highest BCUT2D eigenvalue weighted by Crippen LogP contribution is 2.40. The molecule has 3 N–H and O–H groups in total. The van der Waals surface area contributed by atoms with Crippen molar-refractivity contribution in [2.45, 2.75) is 32.6 Å². The number of thiazole rings is 1. The monoisotopic (exact) mass is 599 g/mol. The number of ether oxygens (including phenoxy) is 1. The van der Waals surface area contributed by atoms with E-state index < -0.39 is 10.0 Å². The molecule has 0 amide bonds. The standard InChI is InChI=1S/C26H26BrN5O3S2/c1-5-35-22-11-6-18(27)14-23(22)37(33,34)32-20-9-7-19(8-10-20)30-31-25-24(29-26(28)36-25)21-13-16(3)15(2)12-17(21)4/h6-14,32H,5H2,1-4H3,(H2,28,29). The first-order valence-corrected chi connectivity index (χ1v) is 14.5. The van der Waals surface area contributed by atoms with Gasteiger partial charge in [0.25, 0.3) is 10.0 Å². The molecular formula is C26H26BrN5O3S2. The van der Waals surface area contributed by atoms with E-state index >= 15 is 0 Å². The molecule has 0 saturated carbocycles. The largest absolute Gasteiger partial charge is 0.492 e. The van der Waals surface area contributed by atoms with Crippen molar-refractivity contribution in [1.82, 2.24) is 4.98 Å². The Hall–Kier alpha value is -3.28. The Morgan fingerprint density at radius 2 is 1.70 bits per heavy atom. The Balaban J connectivity index is 1.56. The summed E-state index contributed by atoms with van der Waals surface area (Å²) in [6, 6.07) is 15.7. The van der Waals surface area contributed by atoms with Crippen LogP contribution >= 0.6 is 27.3 Å². The van der Waals surface area contributed by atoms with Gasteiger partial charge in [0.05, 0.1) is 12.3 Å². The second kappa shape index (κ2) is 11.0. The highest BCUT2D eigenvalue weighted by atomic mass is 79.9. The molecule has 0 spiro atoms. The molecule has 0 radical (unpaired) electrons. The van der Waals surface area contributed by atoms with E-state index in [4.69, 9.17) is 10.5 Å². The minimum Gasteiger partial charge on any atom is -0.492 e. The lowest BCUT2D eigenvalue weighted by Gasteiger charge is -2.13. The summed E-state index contributed by atoms with van der Waals surface area (Å²) in [5.41, 5.74) is 12.0. The Morgan fingerprint density at radius 3 is 2.41 bits per heavy atom. The van der Waals surface area contributed by atoms with Crippen LogP contribution in [0.15, 0.2) is 74.2 Å². The number of hydrogen-bond donors (Lipinski definition) is 2. The average Bonchev–Trinajstić information content (AvgIpc) is 3.22. The summed E-state index contributed by atoms with van der Waals surface area (Å²) in [6.07, 6.45) is 0. The van der Waals surface area contributed by atoms with Gasteiger partial charge in [-0.25, -0.2) is 13.4 Å². The van der Waals surface area contributed by atoms with Crippen molar-refractivity contribution in [2.24, 2.45) is 10.2 Å². The third-order valence-electron chi connectivity index (χ3n) is 5.59. The summed E-state index contributed by atoms with van der Waals surface area (Å²) in [5, 5.41) is 9.74. The third kappa shape index (κ3) is 6.17. The highest BCUT2D eigenvalue weighted by Gasteiger charge is 2.20. The number of nitrogens with two attached hydrogens (primary N) is 1. The van der Waals surface area contributed by atoms with Crippen LogP contribution in [0.5, 0.6) is 5.75 Å². The first-order valence-electron chi connectivity index (χ1n) is 11.4. The average molecular weight is 601 g/mol. The number of halogens is 1. The minimum atomic E-state index is -3.88. The molecule has 0 aliphatic carbocycles. The van der Waals surface area contributed by atoms with Crippen molar-refractivity contribution >= 4 is 58.8 Å². The predicted molar refractivity (Wildman–Crippen MR) is 153 cm³/mol. The molecule has 8 nitrogen and oxygen atoms in total. The van der Waals surface area contributed by atoms with Crippen molar-refractivity contribution in [3.8, 4) is 17.0 Å². The lowest BCUT2D eigenvalue weighted by Crippen LogP contribution is -2.14. The third-order valence-corrected chi connectivity index (χ3v) is 8.26. The number of azo groups is 1. The molecular weight excluding hydrogens is 574 g/mol. The topological polar surface area (TPSA) is 119 Å². The molecule has 0 aliphatic rings. The second-order valence-corrected chi connectivity index (χ2v) is 11.9. The van der Waals surface area contributed by atoms with Gasteiger partial charge in [0.15, 0.2) is 10.1 Å². The Morgan fingerprint density at radius 1 is 1.00 bits per heavy atom. The molecule has 3 aromatic carbocycles. The molecule has 4 rings (SSSR count). The summed E-state index contributed by atoms with van der Waals surface area (Å²) < 4.78 is 34.8. The number of aryl methyl sites for hydroxylation is 3. The van der Waals surface area contributed by atoms with E-state index in [9.17, 15) is 8.42 Å². The van der Waals surface area contributed by atoms with Crippen LogP contribution in [0.4, 0.5) is 21.5 Å². The van der Waals surface area contributed by atoms with Gasteiger partial charge >= 0.3 is 0 Å². The van der Waals surface area contributed by atoms with Crippen LogP contribution in [0, 0.1) is 20.8 Å². The number of nitrogens with zero attached hydrogens (tertiary/aromatic N) is 3. The predicted octanol–water partition coefficient (Wildman–Crippen LogP) is 7.69. The van der Waals surface area contributed by atoms with Crippen LogP contribution in [0.1, 0.15) is 23.6 Å². The Bertz CT molecular complexity index is 1580. The van der Waals surface area contributed by atoms with Crippen LogP contribution in [0.2, 0.25) is 0 Å². The maximum Gasteiger partial charge on any atom is 0.265 e. The molecule has 4 aromatic rings. The van der Waals surface area contributed by atoms with Gasteiger partial charge in [0.1, 0.15) is 16.3 Å². The number of rotatable bonds is 8. The van der Waals surface area contributed by atoms with Gasteiger partial charge in [0.2, 0.25) is 0 Å².